The number of amides is 1. The normalized spacial score (nSPS) is 13.4. The quantitative estimate of drug-likeness (QED) is 0.774. The van der Waals surface area contributed by atoms with Gasteiger partial charge in [-0.2, -0.15) is 0 Å². The predicted molar refractivity (Wildman–Crippen MR) is 100 cm³/mol. The summed E-state index contributed by atoms with van der Waals surface area (Å²) in [6, 6.07) is 11.0. The fraction of sp³-hybridized carbons (Fsp3) is 0.211. The van der Waals surface area contributed by atoms with Gasteiger partial charge >= 0.3 is 0 Å². The molecule has 0 unspecified atom stereocenters. The van der Waals surface area contributed by atoms with E-state index >= 15 is 0 Å². The topological polar surface area (TPSA) is 56.8 Å². The van der Waals surface area contributed by atoms with Crippen LogP contribution >= 0.6 is 15.9 Å². The Balaban J connectivity index is 1.70. The van der Waals surface area contributed by atoms with Crippen molar-refractivity contribution < 1.29 is 19.0 Å². The molecule has 2 aromatic rings. The van der Waals surface area contributed by atoms with E-state index in [-0.39, 0.29) is 5.91 Å². The minimum Gasteiger partial charge on any atom is -0.496 e. The second-order valence-corrected chi connectivity index (χ2v) is 6.34. The van der Waals surface area contributed by atoms with E-state index in [9.17, 15) is 4.79 Å². The molecule has 0 aliphatic carbocycles. The predicted octanol–water partition coefficient (Wildman–Crippen LogP) is 4.27. The molecule has 0 fully saturated rings. The van der Waals surface area contributed by atoms with Crippen LogP contribution in [0.15, 0.2) is 46.9 Å². The summed E-state index contributed by atoms with van der Waals surface area (Å²) in [7, 11) is 1.60. The number of anilines is 1. The molecule has 1 aliphatic heterocycles. The van der Waals surface area contributed by atoms with Crippen molar-refractivity contribution in [3.05, 3.63) is 52.5 Å². The maximum absolute atomic E-state index is 12.2. The van der Waals surface area contributed by atoms with Crippen LogP contribution in [0.5, 0.6) is 17.2 Å². The van der Waals surface area contributed by atoms with Crippen molar-refractivity contribution in [1.82, 2.24) is 0 Å². The average Bonchev–Trinajstić information content (AvgIpc) is 2.85. The van der Waals surface area contributed by atoms with Crippen molar-refractivity contribution in [2.24, 2.45) is 0 Å². The second kappa shape index (κ2) is 8.07. The van der Waals surface area contributed by atoms with Gasteiger partial charge in [0.1, 0.15) is 5.75 Å². The molecular weight excluding hydrogens is 386 g/mol. The molecule has 3 rings (SSSR count). The molecule has 0 atom stereocenters. The van der Waals surface area contributed by atoms with Crippen LogP contribution in [0, 0.1) is 0 Å². The smallest absolute Gasteiger partial charge is 0.248 e. The zero-order valence-electron chi connectivity index (χ0n) is 13.8. The Kier molecular flexibility index (Phi) is 5.60. The Labute approximate surface area is 154 Å². The number of nitrogens with one attached hydrogen (secondary N) is 1. The summed E-state index contributed by atoms with van der Waals surface area (Å²) < 4.78 is 17.4. The molecular formula is C19H18BrNO4. The number of halogens is 1. The van der Waals surface area contributed by atoms with Crippen molar-refractivity contribution in [3.8, 4) is 17.2 Å². The van der Waals surface area contributed by atoms with Crippen LogP contribution < -0.4 is 19.5 Å². The summed E-state index contributed by atoms with van der Waals surface area (Å²) >= 11 is 3.41. The highest BCUT2D eigenvalue weighted by Gasteiger charge is 2.11. The van der Waals surface area contributed by atoms with Crippen LogP contribution in [0.4, 0.5) is 5.69 Å². The first-order chi connectivity index (χ1) is 12.2. The number of carbonyl (C=O) groups excluding carboxylic acids is 1. The number of hydrogen-bond donors (Lipinski definition) is 1. The molecule has 0 radical (unpaired) electrons. The van der Waals surface area contributed by atoms with Crippen molar-refractivity contribution in [3.63, 3.8) is 0 Å². The minimum absolute atomic E-state index is 0.239. The molecule has 0 spiro atoms. The summed E-state index contributed by atoms with van der Waals surface area (Å²) in [5.41, 5.74) is 1.46. The van der Waals surface area contributed by atoms with Gasteiger partial charge < -0.3 is 19.5 Å². The molecule has 0 saturated heterocycles. The van der Waals surface area contributed by atoms with Gasteiger partial charge in [0.2, 0.25) is 5.91 Å². The monoisotopic (exact) mass is 403 g/mol. The van der Waals surface area contributed by atoms with Crippen LogP contribution in [0.1, 0.15) is 12.0 Å². The lowest BCUT2D eigenvalue weighted by molar-refractivity contribution is -0.111. The first-order valence-electron chi connectivity index (χ1n) is 7.88. The molecule has 1 N–H and O–H groups in total. The highest BCUT2D eigenvalue weighted by Crippen LogP contribution is 2.32. The summed E-state index contributed by atoms with van der Waals surface area (Å²) in [6.45, 7) is 1.24. The van der Waals surface area contributed by atoms with Crippen LogP contribution in [0.2, 0.25) is 0 Å². The number of fused-ring (bicyclic) bond motifs is 1. The third kappa shape index (κ3) is 4.54. The summed E-state index contributed by atoms with van der Waals surface area (Å²) in [6.07, 6.45) is 4.02. The van der Waals surface area contributed by atoms with E-state index in [2.05, 4.69) is 21.2 Å². The van der Waals surface area contributed by atoms with Gasteiger partial charge in [0.15, 0.2) is 11.5 Å². The van der Waals surface area contributed by atoms with Crippen LogP contribution in [-0.2, 0) is 4.79 Å². The van der Waals surface area contributed by atoms with E-state index in [0.29, 0.717) is 36.1 Å². The molecule has 1 heterocycles. The van der Waals surface area contributed by atoms with Gasteiger partial charge in [0.05, 0.1) is 20.3 Å². The summed E-state index contributed by atoms with van der Waals surface area (Å²) in [5.74, 6) is 1.80. The van der Waals surface area contributed by atoms with Gasteiger partial charge in [-0.3, -0.25) is 4.79 Å². The number of benzene rings is 2. The number of rotatable bonds is 4. The molecule has 0 bridgehead atoms. The molecule has 0 aromatic heterocycles. The van der Waals surface area contributed by atoms with Gasteiger partial charge in [0.25, 0.3) is 0 Å². The maximum Gasteiger partial charge on any atom is 0.248 e. The van der Waals surface area contributed by atoms with Gasteiger partial charge in [-0.1, -0.05) is 15.9 Å². The largest absolute Gasteiger partial charge is 0.496 e. The van der Waals surface area contributed by atoms with E-state index < -0.39 is 0 Å². The minimum atomic E-state index is -0.239. The van der Waals surface area contributed by atoms with Crippen molar-refractivity contribution in [2.45, 2.75) is 6.42 Å². The van der Waals surface area contributed by atoms with Gasteiger partial charge in [-0.25, -0.2) is 0 Å². The lowest BCUT2D eigenvalue weighted by atomic mass is 10.2. The van der Waals surface area contributed by atoms with Crippen LogP contribution in [0.25, 0.3) is 6.08 Å². The van der Waals surface area contributed by atoms with Crippen LogP contribution in [0.3, 0.4) is 0 Å². The maximum atomic E-state index is 12.2. The standard InChI is InChI=1S/C19H18BrNO4/c1-23-16-6-4-14(20)11-13(16)3-8-19(22)21-15-5-7-17-18(12-15)25-10-2-9-24-17/h3-8,11-12H,2,9-10H2,1H3,(H,21,22). The van der Waals surface area contributed by atoms with Crippen molar-refractivity contribution in [1.29, 1.82) is 0 Å². The molecule has 0 saturated carbocycles. The molecule has 6 heteroatoms. The first-order valence-corrected chi connectivity index (χ1v) is 8.67. The van der Waals surface area contributed by atoms with Crippen LogP contribution in [-0.4, -0.2) is 26.2 Å². The summed E-state index contributed by atoms with van der Waals surface area (Å²) in [5, 5.41) is 2.82. The Bertz CT molecular complexity index is 804. The number of ether oxygens (including phenoxy) is 3. The number of hydrogen-bond acceptors (Lipinski definition) is 4. The Morgan fingerprint density at radius 1 is 1.16 bits per heavy atom. The Morgan fingerprint density at radius 3 is 2.76 bits per heavy atom. The molecule has 1 amide bonds. The van der Waals surface area contributed by atoms with E-state index in [0.717, 1.165) is 16.5 Å². The number of carbonyl (C=O) groups is 1. The first kappa shape index (κ1) is 17.4. The average molecular weight is 404 g/mol. The zero-order valence-corrected chi connectivity index (χ0v) is 15.3. The van der Waals surface area contributed by atoms with E-state index in [1.165, 1.54) is 6.08 Å². The fourth-order valence-corrected chi connectivity index (χ4v) is 2.80. The Morgan fingerprint density at radius 2 is 1.96 bits per heavy atom. The van der Waals surface area contributed by atoms with Crippen molar-refractivity contribution >= 4 is 33.6 Å². The second-order valence-electron chi connectivity index (χ2n) is 5.42. The van der Waals surface area contributed by atoms with Gasteiger partial charge in [-0.05, 0) is 36.4 Å². The van der Waals surface area contributed by atoms with E-state index in [1.807, 2.05) is 18.2 Å². The van der Waals surface area contributed by atoms with Crippen molar-refractivity contribution in [2.75, 3.05) is 25.6 Å². The van der Waals surface area contributed by atoms with Gasteiger partial charge in [0, 0.05) is 34.3 Å². The lowest BCUT2D eigenvalue weighted by Crippen LogP contribution is -2.08. The molecule has 1 aliphatic rings. The lowest BCUT2D eigenvalue weighted by Gasteiger charge is -2.09. The molecule has 2 aromatic carbocycles. The Hall–Kier alpha value is -2.47. The highest BCUT2D eigenvalue weighted by atomic mass is 79.9. The zero-order chi connectivity index (χ0) is 17.6. The van der Waals surface area contributed by atoms with Gasteiger partial charge in [-0.15, -0.1) is 0 Å². The highest BCUT2D eigenvalue weighted by molar-refractivity contribution is 9.10. The molecule has 130 valence electrons. The van der Waals surface area contributed by atoms with E-state index in [1.54, 1.807) is 31.4 Å². The van der Waals surface area contributed by atoms with E-state index in [4.69, 9.17) is 14.2 Å². The molecule has 25 heavy (non-hydrogen) atoms. The third-order valence-electron chi connectivity index (χ3n) is 3.62. The fourth-order valence-electron chi connectivity index (χ4n) is 2.43. The SMILES string of the molecule is COc1ccc(Br)cc1C=CC(=O)Nc1ccc2c(c1)OCCCO2. The number of methoxy groups -OCH3 is 1. The molecule has 5 nitrogen and oxygen atoms in total. The summed E-state index contributed by atoms with van der Waals surface area (Å²) in [4.78, 5) is 12.2. The third-order valence-corrected chi connectivity index (χ3v) is 4.11.